The number of nitrogens with one attached hydrogen (secondary N) is 1. The quantitative estimate of drug-likeness (QED) is 0.847. The van der Waals surface area contributed by atoms with Crippen LogP contribution in [0.2, 0.25) is 0 Å². The fourth-order valence-corrected chi connectivity index (χ4v) is 3.02. The van der Waals surface area contributed by atoms with Crippen LogP contribution in [0.4, 0.5) is 0 Å². The monoisotopic (exact) mass is 324 g/mol. The molecule has 1 aliphatic rings. The van der Waals surface area contributed by atoms with Crippen LogP contribution in [-0.2, 0) is 5.72 Å². The molecule has 0 radical (unpaired) electrons. The normalized spacial score (nSPS) is 17.3. The highest BCUT2D eigenvalue weighted by Crippen LogP contribution is 2.30. The van der Waals surface area contributed by atoms with E-state index in [-0.39, 0.29) is 0 Å². The van der Waals surface area contributed by atoms with Crippen LogP contribution < -0.4 is 10.1 Å². The second kappa shape index (κ2) is 7.49. The number of aliphatic imine (C=N–C) groups is 1. The summed E-state index contributed by atoms with van der Waals surface area (Å²) in [4.78, 5) is 4.62. The van der Waals surface area contributed by atoms with Gasteiger partial charge in [-0.3, -0.25) is 4.99 Å². The zero-order chi connectivity index (χ0) is 16.8. The van der Waals surface area contributed by atoms with E-state index in [2.05, 4.69) is 10.3 Å². The van der Waals surface area contributed by atoms with E-state index in [0.29, 0.717) is 5.75 Å². The molecule has 0 aromatic heterocycles. The first-order chi connectivity index (χ1) is 11.7. The van der Waals surface area contributed by atoms with Crippen LogP contribution in [0.1, 0.15) is 36.8 Å². The number of hydrogen-bond donors (Lipinski definition) is 2. The Balaban J connectivity index is 2.01. The summed E-state index contributed by atoms with van der Waals surface area (Å²) in [5.41, 5.74) is 0.184. The van der Waals surface area contributed by atoms with Gasteiger partial charge >= 0.3 is 0 Å². The molecule has 2 N–H and O–H groups in total. The van der Waals surface area contributed by atoms with E-state index in [1.165, 1.54) is 6.42 Å². The van der Waals surface area contributed by atoms with E-state index < -0.39 is 5.72 Å². The Morgan fingerprint density at radius 3 is 2.58 bits per heavy atom. The highest BCUT2D eigenvalue weighted by atomic mass is 16.5. The smallest absolute Gasteiger partial charge is 0.189 e. The Labute approximate surface area is 143 Å². The number of ether oxygens (including phenoxy) is 1. The molecule has 1 aliphatic heterocycles. The van der Waals surface area contributed by atoms with E-state index in [1.807, 2.05) is 54.6 Å². The summed E-state index contributed by atoms with van der Waals surface area (Å²) in [6.07, 6.45) is 4.24. The van der Waals surface area contributed by atoms with Crippen molar-refractivity contribution >= 4 is 5.84 Å². The second-order valence-electron chi connectivity index (χ2n) is 6.07. The van der Waals surface area contributed by atoms with Gasteiger partial charge in [-0.2, -0.15) is 0 Å². The topological polar surface area (TPSA) is 53.9 Å². The van der Waals surface area contributed by atoms with Gasteiger partial charge in [0.2, 0.25) is 0 Å². The molecule has 1 atom stereocenters. The average Bonchev–Trinajstić information content (AvgIpc) is 2.91. The van der Waals surface area contributed by atoms with Crippen LogP contribution in [0.15, 0.2) is 59.6 Å². The molecule has 1 unspecified atom stereocenters. The summed E-state index contributed by atoms with van der Waals surface area (Å²) in [5.74, 6) is 1.58. The molecule has 1 heterocycles. The molecule has 4 nitrogen and oxygen atoms in total. The number of amidine groups is 1. The summed E-state index contributed by atoms with van der Waals surface area (Å²) in [5, 5.41) is 14.9. The van der Waals surface area contributed by atoms with Gasteiger partial charge in [0.25, 0.3) is 0 Å². The summed E-state index contributed by atoms with van der Waals surface area (Å²) < 4.78 is 5.33. The van der Waals surface area contributed by atoms with Crippen molar-refractivity contribution in [3.8, 4) is 5.75 Å². The number of benzene rings is 2. The van der Waals surface area contributed by atoms with Crippen LogP contribution in [0.5, 0.6) is 5.75 Å². The molecule has 0 fully saturated rings. The first-order valence-electron chi connectivity index (χ1n) is 8.46. The molecular formula is C20H24N2O2. The number of aliphatic hydroxyl groups is 1. The van der Waals surface area contributed by atoms with Gasteiger partial charge in [0.15, 0.2) is 5.72 Å². The highest BCUT2D eigenvalue weighted by Gasteiger charge is 2.33. The van der Waals surface area contributed by atoms with Gasteiger partial charge in [-0.15, -0.1) is 0 Å². The predicted molar refractivity (Wildman–Crippen MR) is 96.3 cm³/mol. The molecule has 0 saturated heterocycles. The molecule has 126 valence electrons. The first-order valence-corrected chi connectivity index (χ1v) is 8.46. The van der Waals surface area contributed by atoms with E-state index in [0.717, 1.165) is 42.8 Å². The van der Waals surface area contributed by atoms with Gasteiger partial charge in [0.1, 0.15) is 5.75 Å². The van der Waals surface area contributed by atoms with Crippen molar-refractivity contribution < 1.29 is 9.84 Å². The molecule has 0 bridgehead atoms. The fraction of sp³-hybridized carbons (Fsp3) is 0.350. The van der Waals surface area contributed by atoms with Gasteiger partial charge in [-0.1, -0.05) is 48.9 Å². The van der Waals surface area contributed by atoms with Crippen molar-refractivity contribution in [2.24, 2.45) is 4.99 Å². The number of rotatable bonds is 4. The highest BCUT2D eigenvalue weighted by molar-refractivity contribution is 5.83. The van der Waals surface area contributed by atoms with Gasteiger partial charge in [-0.05, 0) is 25.0 Å². The van der Waals surface area contributed by atoms with Crippen LogP contribution in [0.25, 0.3) is 0 Å². The third kappa shape index (κ3) is 3.60. The molecule has 0 aliphatic carbocycles. The number of nitrogens with zero attached hydrogens (tertiary/aromatic N) is 1. The average molecular weight is 324 g/mol. The standard InChI is InChI=1S/C20H24N2O2/c1-24-18-12-8-11-17(15-18)20(23,16-9-4-2-5-10-16)22-19-13-6-3-7-14-21-19/h2,4-5,8-12,15,23H,3,6-7,13-14H2,1H3,(H,21,22). The first kappa shape index (κ1) is 16.5. The van der Waals surface area contributed by atoms with E-state index in [1.54, 1.807) is 7.11 Å². The molecule has 0 saturated carbocycles. The Morgan fingerprint density at radius 2 is 1.79 bits per heavy atom. The lowest BCUT2D eigenvalue weighted by Gasteiger charge is -2.32. The maximum Gasteiger partial charge on any atom is 0.189 e. The van der Waals surface area contributed by atoms with Crippen LogP contribution in [0.3, 0.4) is 0 Å². The largest absolute Gasteiger partial charge is 0.497 e. The summed E-state index contributed by atoms with van der Waals surface area (Å²) in [6.45, 7) is 0.811. The summed E-state index contributed by atoms with van der Waals surface area (Å²) in [6, 6.07) is 17.2. The maximum absolute atomic E-state index is 11.6. The third-order valence-electron chi connectivity index (χ3n) is 4.38. The Kier molecular flexibility index (Phi) is 5.16. The summed E-state index contributed by atoms with van der Waals surface area (Å²) >= 11 is 0. The molecule has 24 heavy (non-hydrogen) atoms. The molecular weight excluding hydrogens is 300 g/mol. The minimum Gasteiger partial charge on any atom is -0.497 e. The number of hydrogen-bond acceptors (Lipinski definition) is 4. The van der Waals surface area contributed by atoms with Crippen LogP contribution in [-0.4, -0.2) is 24.6 Å². The predicted octanol–water partition coefficient (Wildman–Crippen LogP) is 3.45. The molecule has 4 heteroatoms. The van der Waals surface area contributed by atoms with Crippen molar-refractivity contribution in [2.75, 3.05) is 13.7 Å². The molecule has 3 rings (SSSR count). The molecule has 2 aromatic rings. The Morgan fingerprint density at radius 1 is 1.00 bits per heavy atom. The second-order valence-corrected chi connectivity index (χ2v) is 6.07. The van der Waals surface area contributed by atoms with Crippen molar-refractivity contribution in [3.05, 3.63) is 65.7 Å². The van der Waals surface area contributed by atoms with E-state index in [4.69, 9.17) is 4.74 Å². The van der Waals surface area contributed by atoms with E-state index >= 15 is 0 Å². The lowest BCUT2D eigenvalue weighted by molar-refractivity contribution is 0.0637. The van der Waals surface area contributed by atoms with Gasteiger partial charge in [0.05, 0.1) is 12.9 Å². The SMILES string of the molecule is COc1cccc(C(O)(NC2=NCCCCC2)c2ccccc2)c1. The van der Waals surface area contributed by atoms with Gasteiger partial charge in [-0.25, -0.2) is 0 Å². The Hall–Kier alpha value is -2.33. The minimum absolute atomic E-state index is 0.714. The fourth-order valence-electron chi connectivity index (χ4n) is 3.02. The van der Waals surface area contributed by atoms with Crippen molar-refractivity contribution in [1.82, 2.24) is 5.32 Å². The zero-order valence-corrected chi connectivity index (χ0v) is 14.0. The van der Waals surface area contributed by atoms with E-state index in [9.17, 15) is 5.11 Å². The Bertz CT molecular complexity index is 700. The van der Waals surface area contributed by atoms with Crippen molar-refractivity contribution in [1.29, 1.82) is 0 Å². The lowest BCUT2D eigenvalue weighted by atomic mass is 9.93. The van der Waals surface area contributed by atoms with Gasteiger partial charge in [0, 0.05) is 24.1 Å². The third-order valence-corrected chi connectivity index (χ3v) is 4.38. The van der Waals surface area contributed by atoms with Gasteiger partial charge < -0.3 is 15.2 Å². The zero-order valence-electron chi connectivity index (χ0n) is 14.0. The van der Waals surface area contributed by atoms with Crippen molar-refractivity contribution in [3.63, 3.8) is 0 Å². The van der Waals surface area contributed by atoms with Crippen LogP contribution >= 0.6 is 0 Å². The molecule has 2 aromatic carbocycles. The molecule has 0 spiro atoms. The number of methoxy groups -OCH3 is 1. The van der Waals surface area contributed by atoms with Crippen molar-refractivity contribution in [2.45, 2.75) is 31.4 Å². The lowest BCUT2D eigenvalue weighted by Crippen LogP contribution is -2.46. The summed E-state index contributed by atoms with van der Waals surface area (Å²) in [7, 11) is 1.63. The maximum atomic E-state index is 11.6. The molecule has 0 amide bonds. The van der Waals surface area contributed by atoms with Crippen LogP contribution in [0, 0.1) is 0 Å². The minimum atomic E-state index is -1.33.